The van der Waals surface area contributed by atoms with Crippen molar-refractivity contribution in [2.75, 3.05) is 19.6 Å². The van der Waals surface area contributed by atoms with E-state index in [2.05, 4.69) is 31.0 Å². The van der Waals surface area contributed by atoms with Gasteiger partial charge in [0.1, 0.15) is 0 Å². The molecule has 1 atom stereocenters. The Balaban J connectivity index is 2.03. The van der Waals surface area contributed by atoms with E-state index in [4.69, 9.17) is 0 Å². The zero-order valence-corrected chi connectivity index (χ0v) is 9.90. The largest absolute Gasteiger partial charge is 0.310 e. The van der Waals surface area contributed by atoms with Crippen molar-refractivity contribution < 1.29 is 0 Å². The Morgan fingerprint density at radius 2 is 1.86 bits per heavy atom. The average Bonchev–Trinajstić information content (AvgIpc) is 2.52. The van der Waals surface area contributed by atoms with Crippen LogP contribution in [-0.2, 0) is 0 Å². The summed E-state index contributed by atoms with van der Waals surface area (Å²) in [6.45, 7) is 10.8. The minimum absolute atomic E-state index is 0.345. The summed E-state index contributed by atoms with van der Waals surface area (Å²) in [6.07, 6.45) is 5.52. The highest BCUT2D eigenvalue weighted by Gasteiger charge is 2.40. The minimum atomic E-state index is 0.345. The molecular weight excluding hydrogens is 172 g/mol. The smallest absolute Gasteiger partial charge is 0.0309 e. The lowest BCUT2D eigenvalue weighted by Crippen LogP contribution is -2.58. The molecule has 0 aromatic carbocycles. The Labute approximate surface area is 88.1 Å². The molecule has 1 unspecified atom stereocenters. The van der Waals surface area contributed by atoms with Gasteiger partial charge in [0.15, 0.2) is 0 Å². The highest BCUT2D eigenvalue weighted by molar-refractivity contribution is 5.00. The van der Waals surface area contributed by atoms with Crippen LogP contribution < -0.4 is 5.32 Å². The molecule has 2 heteroatoms. The second-order valence-corrected chi connectivity index (χ2v) is 6.01. The molecule has 0 aromatic rings. The van der Waals surface area contributed by atoms with Crippen LogP contribution in [0.15, 0.2) is 0 Å². The summed E-state index contributed by atoms with van der Waals surface area (Å²) in [7, 11) is 0. The van der Waals surface area contributed by atoms with E-state index < -0.39 is 0 Å². The van der Waals surface area contributed by atoms with Crippen molar-refractivity contribution in [2.45, 2.75) is 57.5 Å². The SMILES string of the molecule is CC(C)(C)N1CCCC2(CCCN2)C1. The van der Waals surface area contributed by atoms with E-state index in [1.54, 1.807) is 0 Å². The summed E-state index contributed by atoms with van der Waals surface area (Å²) < 4.78 is 0. The lowest BCUT2D eigenvalue weighted by Gasteiger charge is -2.46. The summed E-state index contributed by atoms with van der Waals surface area (Å²) in [5.74, 6) is 0. The molecule has 0 saturated carbocycles. The Morgan fingerprint density at radius 1 is 1.14 bits per heavy atom. The molecule has 1 spiro atoms. The molecule has 2 nitrogen and oxygen atoms in total. The molecular formula is C12H24N2. The third kappa shape index (κ3) is 1.96. The standard InChI is InChI=1S/C12H24N2/c1-11(2,3)14-9-5-7-12(10-14)6-4-8-13-12/h13H,4-10H2,1-3H3. The van der Waals surface area contributed by atoms with Crippen molar-refractivity contribution in [1.29, 1.82) is 0 Å². The first-order valence-corrected chi connectivity index (χ1v) is 6.02. The number of nitrogens with one attached hydrogen (secondary N) is 1. The van der Waals surface area contributed by atoms with Crippen molar-refractivity contribution >= 4 is 0 Å². The number of hydrogen-bond acceptors (Lipinski definition) is 2. The van der Waals surface area contributed by atoms with Gasteiger partial charge in [0.25, 0.3) is 0 Å². The molecule has 0 bridgehead atoms. The molecule has 0 aromatic heterocycles. The quantitative estimate of drug-likeness (QED) is 0.637. The van der Waals surface area contributed by atoms with Crippen molar-refractivity contribution in [3.63, 3.8) is 0 Å². The third-order valence-corrected chi connectivity index (χ3v) is 3.86. The lowest BCUT2D eigenvalue weighted by atomic mass is 9.85. The molecule has 14 heavy (non-hydrogen) atoms. The molecule has 2 heterocycles. The van der Waals surface area contributed by atoms with Gasteiger partial charge in [0.05, 0.1) is 0 Å². The van der Waals surface area contributed by atoms with Crippen molar-refractivity contribution in [1.82, 2.24) is 10.2 Å². The first kappa shape index (κ1) is 10.4. The van der Waals surface area contributed by atoms with Crippen molar-refractivity contribution in [3.05, 3.63) is 0 Å². The zero-order valence-electron chi connectivity index (χ0n) is 9.90. The average molecular weight is 196 g/mol. The zero-order chi connectivity index (χ0) is 10.2. The van der Waals surface area contributed by atoms with Gasteiger partial charge >= 0.3 is 0 Å². The maximum Gasteiger partial charge on any atom is 0.0309 e. The van der Waals surface area contributed by atoms with Gasteiger partial charge < -0.3 is 5.32 Å². The molecule has 2 rings (SSSR count). The van der Waals surface area contributed by atoms with E-state index >= 15 is 0 Å². The molecule has 1 N–H and O–H groups in total. The van der Waals surface area contributed by atoms with Gasteiger partial charge in [-0.15, -0.1) is 0 Å². The first-order valence-electron chi connectivity index (χ1n) is 6.02. The van der Waals surface area contributed by atoms with E-state index in [9.17, 15) is 0 Å². The summed E-state index contributed by atoms with van der Waals surface area (Å²) in [4.78, 5) is 2.65. The fourth-order valence-electron chi connectivity index (χ4n) is 2.92. The normalized spacial score (nSPS) is 35.4. The summed E-state index contributed by atoms with van der Waals surface area (Å²) in [5.41, 5.74) is 0.823. The van der Waals surface area contributed by atoms with E-state index in [-0.39, 0.29) is 0 Å². The maximum absolute atomic E-state index is 3.73. The van der Waals surface area contributed by atoms with Gasteiger partial charge in [-0.2, -0.15) is 0 Å². The van der Waals surface area contributed by atoms with Crippen LogP contribution in [0.3, 0.4) is 0 Å². The fraction of sp³-hybridized carbons (Fsp3) is 1.00. The fourth-order valence-corrected chi connectivity index (χ4v) is 2.92. The van der Waals surface area contributed by atoms with Gasteiger partial charge in [0.2, 0.25) is 0 Å². The second-order valence-electron chi connectivity index (χ2n) is 6.01. The number of piperidine rings is 1. The summed E-state index contributed by atoms with van der Waals surface area (Å²) in [6, 6.07) is 0. The molecule has 0 radical (unpaired) electrons. The van der Waals surface area contributed by atoms with Gasteiger partial charge in [-0.3, -0.25) is 4.90 Å². The molecule has 2 aliphatic rings. The molecule has 0 aliphatic carbocycles. The maximum atomic E-state index is 3.73. The van der Waals surface area contributed by atoms with Crippen LogP contribution in [0.25, 0.3) is 0 Å². The predicted octanol–water partition coefficient (Wildman–Crippen LogP) is 2.00. The number of likely N-dealkylation sites (tertiary alicyclic amines) is 1. The van der Waals surface area contributed by atoms with Crippen molar-refractivity contribution in [2.24, 2.45) is 0 Å². The Hall–Kier alpha value is -0.0800. The van der Waals surface area contributed by atoms with Crippen LogP contribution in [0.1, 0.15) is 46.5 Å². The molecule has 2 aliphatic heterocycles. The molecule has 2 fully saturated rings. The summed E-state index contributed by atoms with van der Waals surface area (Å²) >= 11 is 0. The van der Waals surface area contributed by atoms with E-state index in [0.29, 0.717) is 11.1 Å². The Morgan fingerprint density at radius 3 is 2.43 bits per heavy atom. The molecule has 82 valence electrons. The van der Waals surface area contributed by atoms with Gasteiger partial charge in [-0.25, -0.2) is 0 Å². The monoisotopic (exact) mass is 196 g/mol. The van der Waals surface area contributed by atoms with E-state index in [1.807, 2.05) is 0 Å². The molecule has 0 amide bonds. The van der Waals surface area contributed by atoms with Crippen LogP contribution in [0.5, 0.6) is 0 Å². The Kier molecular flexibility index (Phi) is 2.61. The number of hydrogen-bond donors (Lipinski definition) is 1. The van der Waals surface area contributed by atoms with Crippen molar-refractivity contribution in [3.8, 4) is 0 Å². The van der Waals surface area contributed by atoms with Gasteiger partial charge in [0, 0.05) is 17.6 Å². The molecule has 2 saturated heterocycles. The lowest BCUT2D eigenvalue weighted by molar-refractivity contribution is 0.0570. The second kappa shape index (κ2) is 3.49. The van der Waals surface area contributed by atoms with Crippen LogP contribution in [-0.4, -0.2) is 35.6 Å². The van der Waals surface area contributed by atoms with E-state index in [0.717, 1.165) is 0 Å². The van der Waals surface area contributed by atoms with Crippen LogP contribution in [0, 0.1) is 0 Å². The van der Waals surface area contributed by atoms with Gasteiger partial charge in [-0.1, -0.05) is 0 Å². The number of rotatable bonds is 0. The minimum Gasteiger partial charge on any atom is -0.310 e. The third-order valence-electron chi connectivity index (χ3n) is 3.86. The summed E-state index contributed by atoms with van der Waals surface area (Å²) in [5, 5.41) is 3.73. The highest BCUT2D eigenvalue weighted by atomic mass is 15.2. The topological polar surface area (TPSA) is 15.3 Å². The number of nitrogens with zero attached hydrogens (tertiary/aromatic N) is 1. The van der Waals surface area contributed by atoms with Crippen LogP contribution in [0.2, 0.25) is 0 Å². The highest BCUT2D eigenvalue weighted by Crippen LogP contribution is 2.32. The predicted molar refractivity (Wildman–Crippen MR) is 60.5 cm³/mol. The van der Waals surface area contributed by atoms with Crippen LogP contribution in [0.4, 0.5) is 0 Å². The Bertz CT molecular complexity index is 199. The first-order chi connectivity index (χ1) is 6.52. The van der Waals surface area contributed by atoms with Gasteiger partial charge in [-0.05, 0) is 59.5 Å². The van der Waals surface area contributed by atoms with Crippen LogP contribution >= 0.6 is 0 Å². The van der Waals surface area contributed by atoms with E-state index in [1.165, 1.54) is 45.3 Å².